The molecule has 3 rings (SSSR count). The van der Waals surface area contributed by atoms with Crippen LogP contribution in [-0.2, 0) is 22.4 Å². The van der Waals surface area contributed by atoms with Gasteiger partial charge in [0.05, 0.1) is 12.5 Å². The molecule has 0 saturated carbocycles. The standard InChI is InChI=1S/C19H24N2O4/c1-20(12-17(22)21-9-3-6-16(11-21)19(24)25)18(23)15-8-7-13-4-2-5-14(13)10-15/h7-8,10,16H,2-6,9,11-12H2,1H3,(H,24,25). The molecule has 1 aliphatic carbocycles. The number of fused-ring (bicyclic) bond motifs is 1. The molecule has 1 saturated heterocycles. The molecule has 1 aromatic rings. The molecule has 1 heterocycles. The molecule has 6 heteroatoms. The molecule has 1 aliphatic heterocycles. The van der Waals surface area contributed by atoms with Gasteiger partial charge in [-0.15, -0.1) is 0 Å². The normalized spacial score (nSPS) is 19.4. The van der Waals surface area contributed by atoms with E-state index in [0.29, 0.717) is 24.9 Å². The minimum absolute atomic E-state index is 0.0255. The number of rotatable bonds is 4. The van der Waals surface area contributed by atoms with Gasteiger partial charge in [0.1, 0.15) is 0 Å². The lowest BCUT2D eigenvalue weighted by Crippen LogP contribution is -2.46. The van der Waals surface area contributed by atoms with E-state index in [-0.39, 0.29) is 24.9 Å². The van der Waals surface area contributed by atoms with E-state index in [4.69, 9.17) is 5.11 Å². The number of aryl methyl sites for hydroxylation is 2. The summed E-state index contributed by atoms with van der Waals surface area (Å²) in [7, 11) is 1.62. The Kier molecular flexibility index (Phi) is 5.06. The van der Waals surface area contributed by atoms with Crippen LogP contribution in [0.4, 0.5) is 0 Å². The second-order valence-electron chi connectivity index (χ2n) is 7.02. The van der Waals surface area contributed by atoms with Gasteiger partial charge in [-0.2, -0.15) is 0 Å². The Hall–Kier alpha value is -2.37. The van der Waals surface area contributed by atoms with Gasteiger partial charge in [0.15, 0.2) is 0 Å². The summed E-state index contributed by atoms with van der Waals surface area (Å²) in [6.07, 6.45) is 4.48. The number of hydrogen-bond acceptors (Lipinski definition) is 3. The summed E-state index contributed by atoms with van der Waals surface area (Å²) in [5, 5.41) is 9.13. The first-order valence-corrected chi connectivity index (χ1v) is 8.83. The van der Waals surface area contributed by atoms with Crippen LogP contribution in [0.1, 0.15) is 40.7 Å². The van der Waals surface area contributed by atoms with Gasteiger partial charge in [-0.3, -0.25) is 14.4 Å². The van der Waals surface area contributed by atoms with Gasteiger partial charge >= 0.3 is 5.97 Å². The average Bonchev–Trinajstić information content (AvgIpc) is 3.08. The summed E-state index contributed by atoms with van der Waals surface area (Å²) in [4.78, 5) is 39.1. The van der Waals surface area contributed by atoms with Crippen molar-refractivity contribution in [3.05, 3.63) is 34.9 Å². The van der Waals surface area contributed by atoms with Crippen molar-refractivity contribution in [2.24, 2.45) is 5.92 Å². The van der Waals surface area contributed by atoms with Crippen molar-refractivity contribution in [2.75, 3.05) is 26.7 Å². The van der Waals surface area contributed by atoms with Crippen molar-refractivity contribution in [1.82, 2.24) is 9.80 Å². The molecule has 25 heavy (non-hydrogen) atoms. The van der Waals surface area contributed by atoms with Crippen LogP contribution in [0, 0.1) is 5.92 Å². The van der Waals surface area contributed by atoms with E-state index in [2.05, 4.69) is 0 Å². The first kappa shape index (κ1) is 17.5. The number of likely N-dealkylation sites (tertiary alicyclic amines) is 1. The lowest BCUT2D eigenvalue weighted by molar-refractivity contribution is -0.145. The highest BCUT2D eigenvalue weighted by Gasteiger charge is 2.29. The smallest absolute Gasteiger partial charge is 0.308 e. The molecular weight excluding hydrogens is 320 g/mol. The predicted molar refractivity (Wildman–Crippen MR) is 92.4 cm³/mol. The van der Waals surface area contributed by atoms with Crippen molar-refractivity contribution in [3.63, 3.8) is 0 Å². The molecular formula is C19H24N2O4. The highest BCUT2D eigenvalue weighted by atomic mass is 16.4. The number of nitrogens with zero attached hydrogens (tertiary/aromatic N) is 2. The van der Waals surface area contributed by atoms with E-state index in [9.17, 15) is 14.4 Å². The second-order valence-corrected chi connectivity index (χ2v) is 7.02. The molecule has 1 unspecified atom stereocenters. The number of amides is 2. The number of hydrogen-bond donors (Lipinski definition) is 1. The maximum absolute atomic E-state index is 12.6. The van der Waals surface area contributed by atoms with Gasteiger partial charge in [-0.25, -0.2) is 0 Å². The lowest BCUT2D eigenvalue weighted by Gasteiger charge is -2.32. The van der Waals surface area contributed by atoms with Gasteiger partial charge in [-0.1, -0.05) is 6.07 Å². The largest absolute Gasteiger partial charge is 0.481 e. The lowest BCUT2D eigenvalue weighted by atomic mass is 9.98. The number of carbonyl (C=O) groups excluding carboxylic acids is 2. The average molecular weight is 344 g/mol. The highest BCUT2D eigenvalue weighted by Crippen LogP contribution is 2.23. The number of carbonyl (C=O) groups is 3. The molecule has 0 aromatic heterocycles. The Labute approximate surface area is 147 Å². The van der Waals surface area contributed by atoms with Crippen LogP contribution in [0.3, 0.4) is 0 Å². The first-order chi connectivity index (χ1) is 12.0. The predicted octanol–water partition coefficient (Wildman–Crippen LogP) is 1.57. The minimum Gasteiger partial charge on any atom is -0.481 e. The molecule has 134 valence electrons. The molecule has 0 radical (unpaired) electrons. The number of likely N-dealkylation sites (N-methyl/N-ethyl adjacent to an activating group) is 1. The molecule has 1 N–H and O–H groups in total. The van der Waals surface area contributed by atoms with Crippen LogP contribution in [-0.4, -0.2) is 59.4 Å². The SMILES string of the molecule is CN(CC(=O)N1CCCC(C(=O)O)C1)C(=O)c1ccc2c(c1)CCC2. The van der Waals surface area contributed by atoms with E-state index >= 15 is 0 Å². The molecule has 2 aliphatic rings. The summed E-state index contributed by atoms with van der Waals surface area (Å²) in [6, 6.07) is 5.77. The van der Waals surface area contributed by atoms with Gasteiger partial charge in [0.25, 0.3) is 5.91 Å². The zero-order valence-electron chi connectivity index (χ0n) is 14.5. The molecule has 0 spiro atoms. The van der Waals surface area contributed by atoms with E-state index in [0.717, 1.165) is 19.3 Å². The van der Waals surface area contributed by atoms with Crippen molar-refractivity contribution >= 4 is 17.8 Å². The first-order valence-electron chi connectivity index (χ1n) is 8.83. The summed E-state index contributed by atoms with van der Waals surface area (Å²) in [5.41, 5.74) is 3.15. The fourth-order valence-electron chi connectivity index (χ4n) is 3.71. The van der Waals surface area contributed by atoms with Crippen LogP contribution in [0.25, 0.3) is 0 Å². The fraction of sp³-hybridized carbons (Fsp3) is 0.526. The van der Waals surface area contributed by atoms with Gasteiger partial charge < -0.3 is 14.9 Å². The fourth-order valence-corrected chi connectivity index (χ4v) is 3.71. The van der Waals surface area contributed by atoms with Crippen molar-refractivity contribution in [3.8, 4) is 0 Å². The maximum Gasteiger partial charge on any atom is 0.308 e. The Morgan fingerprint density at radius 1 is 1.20 bits per heavy atom. The third-order valence-corrected chi connectivity index (χ3v) is 5.19. The van der Waals surface area contributed by atoms with Gasteiger partial charge in [0.2, 0.25) is 5.91 Å². The van der Waals surface area contributed by atoms with Crippen LogP contribution in [0.5, 0.6) is 0 Å². The van der Waals surface area contributed by atoms with Crippen LogP contribution in [0.2, 0.25) is 0 Å². The van der Waals surface area contributed by atoms with Gasteiger partial charge in [-0.05, 0) is 55.4 Å². The second kappa shape index (κ2) is 7.25. The number of piperidine rings is 1. The van der Waals surface area contributed by atoms with Crippen LogP contribution in [0.15, 0.2) is 18.2 Å². The number of carboxylic acids is 1. The third kappa shape index (κ3) is 3.83. The minimum atomic E-state index is -0.861. The van der Waals surface area contributed by atoms with Crippen LogP contribution >= 0.6 is 0 Å². The molecule has 1 atom stereocenters. The molecule has 6 nitrogen and oxygen atoms in total. The Bertz CT molecular complexity index is 701. The summed E-state index contributed by atoms with van der Waals surface area (Å²) in [5.74, 6) is -1.73. The maximum atomic E-state index is 12.6. The van der Waals surface area contributed by atoms with E-state index < -0.39 is 11.9 Å². The van der Waals surface area contributed by atoms with E-state index in [1.165, 1.54) is 16.0 Å². The molecule has 1 fully saturated rings. The van der Waals surface area contributed by atoms with E-state index in [1.807, 2.05) is 18.2 Å². The zero-order chi connectivity index (χ0) is 18.0. The highest BCUT2D eigenvalue weighted by molar-refractivity contribution is 5.96. The number of carboxylic acid groups (broad SMARTS) is 1. The van der Waals surface area contributed by atoms with Crippen molar-refractivity contribution in [1.29, 1.82) is 0 Å². The van der Waals surface area contributed by atoms with Crippen molar-refractivity contribution in [2.45, 2.75) is 32.1 Å². The Morgan fingerprint density at radius 3 is 2.72 bits per heavy atom. The summed E-state index contributed by atoms with van der Waals surface area (Å²) >= 11 is 0. The quantitative estimate of drug-likeness (QED) is 0.899. The zero-order valence-corrected chi connectivity index (χ0v) is 14.5. The number of aliphatic carboxylic acids is 1. The summed E-state index contributed by atoms with van der Waals surface area (Å²) < 4.78 is 0. The number of benzene rings is 1. The summed E-state index contributed by atoms with van der Waals surface area (Å²) in [6.45, 7) is 0.765. The van der Waals surface area contributed by atoms with E-state index in [1.54, 1.807) is 11.9 Å². The third-order valence-electron chi connectivity index (χ3n) is 5.19. The van der Waals surface area contributed by atoms with Crippen molar-refractivity contribution < 1.29 is 19.5 Å². The Morgan fingerprint density at radius 2 is 1.96 bits per heavy atom. The monoisotopic (exact) mass is 344 g/mol. The van der Waals surface area contributed by atoms with Gasteiger partial charge in [0, 0.05) is 25.7 Å². The topological polar surface area (TPSA) is 77.9 Å². The molecule has 1 aromatic carbocycles. The van der Waals surface area contributed by atoms with Crippen LogP contribution < -0.4 is 0 Å². The molecule has 2 amide bonds. The Balaban J connectivity index is 1.61. The molecule has 0 bridgehead atoms.